The van der Waals surface area contributed by atoms with Gasteiger partial charge in [-0.25, -0.2) is 0 Å². The van der Waals surface area contributed by atoms with Crippen LogP contribution in [0.3, 0.4) is 0 Å². The fraction of sp³-hybridized carbons (Fsp3) is 0.750. The van der Waals surface area contributed by atoms with Gasteiger partial charge in [0.2, 0.25) is 5.91 Å². The van der Waals surface area contributed by atoms with Crippen molar-refractivity contribution in [1.82, 2.24) is 5.32 Å². The van der Waals surface area contributed by atoms with Crippen LogP contribution in [0.2, 0.25) is 0 Å². The van der Waals surface area contributed by atoms with E-state index in [0.29, 0.717) is 0 Å². The summed E-state index contributed by atoms with van der Waals surface area (Å²) in [5.41, 5.74) is 0. The van der Waals surface area contributed by atoms with Crippen molar-refractivity contribution in [3.8, 4) is 0 Å². The van der Waals surface area contributed by atoms with E-state index in [1.54, 1.807) is 0 Å². The normalized spacial score (nSPS) is 12.7. The second-order valence-electron chi connectivity index (χ2n) is 2.54. The van der Waals surface area contributed by atoms with E-state index in [4.69, 9.17) is 0 Å². The molecule has 0 saturated heterocycles. The van der Waals surface area contributed by atoms with E-state index in [0.717, 1.165) is 19.3 Å². The quantitative estimate of drug-likeness (QED) is 0.633. The molecule has 2 nitrogen and oxygen atoms in total. The molecule has 1 atom stereocenters. The highest BCUT2D eigenvalue weighted by atomic mass is 16.1. The van der Waals surface area contributed by atoms with Crippen LogP contribution in [0.1, 0.15) is 33.1 Å². The summed E-state index contributed by atoms with van der Waals surface area (Å²) in [7, 11) is 0. The van der Waals surface area contributed by atoms with E-state index in [2.05, 4.69) is 19.2 Å². The van der Waals surface area contributed by atoms with Crippen molar-refractivity contribution in [2.75, 3.05) is 0 Å². The predicted octanol–water partition coefficient (Wildman–Crippen LogP) is 1.52. The number of carbonyl (C=O) groups excluding carboxylic acids is 1. The first-order valence-corrected chi connectivity index (χ1v) is 3.77. The van der Waals surface area contributed by atoms with Gasteiger partial charge in [0.05, 0.1) is 0 Å². The maximum atomic E-state index is 10.5. The molecule has 0 rings (SSSR count). The van der Waals surface area contributed by atoms with Crippen molar-refractivity contribution >= 4 is 5.91 Å². The molecule has 1 unspecified atom stereocenters. The van der Waals surface area contributed by atoms with Crippen molar-refractivity contribution < 1.29 is 4.79 Å². The maximum Gasteiger partial charge on any atom is 0.217 e. The van der Waals surface area contributed by atoms with Gasteiger partial charge in [-0.1, -0.05) is 19.8 Å². The molecule has 0 aromatic rings. The molecule has 0 aromatic heterocycles. The molecule has 0 aliphatic rings. The minimum Gasteiger partial charge on any atom is -0.354 e. The summed E-state index contributed by atoms with van der Waals surface area (Å²) in [5.74, 6) is 0.0103. The van der Waals surface area contributed by atoms with Crippen LogP contribution in [-0.2, 0) is 4.79 Å². The summed E-state index contributed by atoms with van der Waals surface area (Å²) in [4.78, 5) is 10.5. The van der Waals surface area contributed by atoms with Gasteiger partial charge in [-0.3, -0.25) is 4.79 Å². The summed E-state index contributed by atoms with van der Waals surface area (Å²) in [6.07, 6.45) is 3.27. The van der Waals surface area contributed by atoms with E-state index >= 15 is 0 Å². The van der Waals surface area contributed by atoms with Crippen LogP contribution in [0.5, 0.6) is 0 Å². The highest BCUT2D eigenvalue weighted by molar-refractivity contribution is 5.73. The average molecular weight is 142 g/mol. The zero-order chi connectivity index (χ0) is 7.98. The Morgan fingerprint density at radius 2 is 2.30 bits per heavy atom. The molecular weight excluding hydrogens is 126 g/mol. The molecule has 0 saturated carbocycles. The summed E-state index contributed by atoms with van der Waals surface area (Å²) in [6.45, 7) is 7.43. The molecule has 0 aliphatic heterocycles. The average Bonchev–Trinajstić information content (AvgIpc) is 1.82. The van der Waals surface area contributed by atoms with Crippen LogP contribution in [0.4, 0.5) is 0 Å². The molecule has 0 heterocycles. The van der Waals surface area contributed by atoms with Gasteiger partial charge in [-0.15, -0.1) is 0 Å². The number of hydrogen-bond acceptors (Lipinski definition) is 1. The Labute approximate surface area is 63.0 Å². The third-order valence-electron chi connectivity index (χ3n) is 1.31. The Morgan fingerprint density at radius 1 is 1.70 bits per heavy atom. The number of hydrogen-bond donors (Lipinski definition) is 1. The van der Waals surface area contributed by atoms with Crippen LogP contribution < -0.4 is 5.32 Å². The SMILES string of the molecule is [CH2]C(CCCC)NC(C)=O. The van der Waals surface area contributed by atoms with E-state index in [9.17, 15) is 4.79 Å². The van der Waals surface area contributed by atoms with Gasteiger partial charge < -0.3 is 5.32 Å². The minimum absolute atomic E-state index is 0.0103. The Kier molecular flexibility index (Phi) is 4.99. The van der Waals surface area contributed by atoms with Gasteiger partial charge in [-0.05, 0) is 13.3 Å². The van der Waals surface area contributed by atoms with E-state index in [-0.39, 0.29) is 11.9 Å². The number of unbranched alkanes of at least 4 members (excludes halogenated alkanes) is 1. The molecule has 0 aromatic carbocycles. The van der Waals surface area contributed by atoms with Crippen LogP contribution >= 0.6 is 0 Å². The van der Waals surface area contributed by atoms with Crippen LogP contribution in [0, 0.1) is 6.92 Å². The Bertz CT molecular complexity index is 101. The maximum absolute atomic E-state index is 10.5. The van der Waals surface area contributed by atoms with E-state index < -0.39 is 0 Å². The second-order valence-corrected chi connectivity index (χ2v) is 2.54. The molecule has 2 heteroatoms. The molecule has 0 bridgehead atoms. The summed E-state index contributed by atoms with van der Waals surface area (Å²) < 4.78 is 0. The third-order valence-corrected chi connectivity index (χ3v) is 1.31. The summed E-state index contributed by atoms with van der Waals surface area (Å²) in [5, 5.41) is 2.73. The molecule has 10 heavy (non-hydrogen) atoms. The number of amides is 1. The van der Waals surface area contributed by atoms with Gasteiger partial charge in [0.1, 0.15) is 0 Å². The van der Waals surface area contributed by atoms with Crippen molar-refractivity contribution in [2.24, 2.45) is 0 Å². The predicted molar refractivity (Wildman–Crippen MR) is 42.5 cm³/mol. The first kappa shape index (κ1) is 9.47. The zero-order valence-corrected chi connectivity index (χ0v) is 6.81. The highest BCUT2D eigenvalue weighted by Gasteiger charge is 2.00. The second kappa shape index (κ2) is 5.27. The third kappa shape index (κ3) is 5.60. The molecule has 0 fully saturated rings. The summed E-state index contributed by atoms with van der Waals surface area (Å²) in [6, 6.07) is 0.0949. The minimum atomic E-state index is 0.0103. The standard InChI is InChI=1S/C8H16NO/c1-4-5-6-7(2)9-8(3)10/h7H,2,4-6H2,1,3H3,(H,9,10). The zero-order valence-electron chi connectivity index (χ0n) is 6.81. The highest BCUT2D eigenvalue weighted by Crippen LogP contribution is 1.98. The van der Waals surface area contributed by atoms with Crippen LogP contribution in [0.25, 0.3) is 0 Å². The summed E-state index contributed by atoms with van der Waals surface area (Å²) >= 11 is 0. The lowest BCUT2D eigenvalue weighted by Crippen LogP contribution is -2.30. The first-order valence-electron chi connectivity index (χ1n) is 3.77. The van der Waals surface area contributed by atoms with Gasteiger partial charge in [-0.2, -0.15) is 0 Å². The van der Waals surface area contributed by atoms with Crippen LogP contribution in [-0.4, -0.2) is 11.9 Å². The van der Waals surface area contributed by atoms with Gasteiger partial charge >= 0.3 is 0 Å². The Balaban J connectivity index is 3.25. The lowest BCUT2D eigenvalue weighted by Gasteiger charge is -2.10. The topological polar surface area (TPSA) is 29.1 Å². The molecule has 1 N–H and O–H groups in total. The Hall–Kier alpha value is -0.530. The van der Waals surface area contributed by atoms with Gasteiger partial charge in [0, 0.05) is 13.0 Å². The van der Waals surface area contributed by atoms with Crippen molar-refractivity contribution in [3.05, 3.63) is 6.92 Å². The largest absolute Gasteiger partial charge is 0.354 e. The van der Waals surface area contributed by atoms with Crippen molar-refractivity contribution in [2.45, 2.75) is 39.2 Å². The Morgan fingerprint density at radius 3 is 2.70 bits per heavy atom. The number of carbonyl (C=O) groups is 1. The lowest BCUT2D eigenvalue weighted by molar-refractivity contribution is -0.119. The molecule has 1 amide bonds. The van der Waals surface area contributed by atoms with Crippen molar-refractivity contribution in [3.63, 3.8) is 0 Å². The molecule has 0 aliphatic carbocycles. The molecular formula is C8H16NO. The fourth-order valence-corrected chi connectivity index (χ4v) is 0.810. The van der Waals surface area contributed by atoms with E-state index in [1.807, 2.05) is 0 Å². The fourth-order valence-electron chi connectivity index (χ4n) is 0.810. The van der Waals surface area contributed by atoms with Crippen LogP contribution in [0.15, 0.2) is 0 Å². The van der Waals surface area contributed by atoms with Gasteiger partial charge in [0.15, 0.2) is 0 Å². The number of nitrogens with one attached hydrogen (secondary N) is 1. The van der Waals surface area contributed by atoms with Gasteiger partial charge in [0.25, 0.3) is 0 Å². The number of rotatable bonds is 4. The van der Waals surface area contributed by atoms with E-state index in [1.165, 1.54) is 6.92 Å². The molecule has 0 spiro atoms. The lowest BCUT2D eigenvalue weighted by atomic mass is 10.1. The molecule has 1 radical (unpaired) electrons. The van der Waals surface area contributed by atoms with Crippen molar-refractivity contribution in [1.29, 1.82) is 0 Å². The smallest absolute Gasteiger partial charge is 0.217 e. The monoisotopic (exact) mass is 142 g/mol. The first-order chi connectivity index (χ1) is 4.66. The molecule has 59 valence electrons.